The van der Waals surface area contributed by atoms with Crippen molar-refractivity contribution in [3.05, 3.63) is 0 Å². The van der Waals surface area contributed by atoms with Gasteiger partial charge >= 0.3 is 0 Å². The number of hydrogen-bond donors (Lipinski definition) is 2. The second kappa shape index (κ2) is 8.44. The Morgan fingerprint density at radius 3 is 3.06 bits per heavy atom. The number of rotatable bonds is 7. The molecule has 0 bridgehead atoms. The van der Waals surface area contributed by atoms with E-state index in [2.05, 4.69) is 10.6 Å². The molecule has 1 heterocycles. The summed E-state index contributed by atoms with van der Waals surface area (Å²) in [5, 5.41) is 6.03. The lowest BCUT2D eigenvalue weighted by Crippen LogP contribution is -2.42. The molecule has 0 radical (unpaired) electrons. The minimum Gasteiger partial charge on any atom is -0.383 e. The lowest BCUT2D eigenvalue weighted by Gasteiger charge is -2.22. The molecule has 1 rings (SSSR count). The van der Waals surface area contributed by atoms with E-state index >= 15 is 0 Å². The van der Waals surface area contributed by atoms with E-state index in [1.165, 1.54) is 6.42 Å². The van der Waals surface area contributed by atoms with Gasteiger partial charge in [-0.15, -0.1) is 0 Å². The highest BCUT2D eigenvalue weighted by Crippen LogP contribution is 2.11. The molecule has 5 nitrogen and oxygen atoms in total. The van der Waals surface area contributed by atoms with Crippen LogP contribution in [0.2, 0.25) is 0 Å². The maximum absolute atomic E-state index is 11.5. The fraction of sp³-hybridized carbons (Fsp3) is 0.917. The summed E-state index contributed by atoms with van der Waals surface area (Å²) in [6.45, 7) is 5.38. The Morgan fingerprint density at radius 1 is 1.59 bits per heavy atom. The van der Waals surface area contributed by atoms with Crippen LogP contribution in [0.3, 0.4) is 0 Å². The third-order valence-electron chi connectivity index (χ3n) is 2.80. The smallest absolute Gasteiger partial charge is 0.234 e. The molecule has 5 heteroatoms. The van der Waals surface area contributed by atoms with Crippen molar-refractivity contribution >= 4 is 5.91 Å². The van der Waals surface area contributed by atoms with Crippen LogP contribution in [0.15, 0.2) is 0 Å². The largest absolute Gasteiger partial charge is 0.383 e. The van der Waals surface area contributed by atoms with E-state index in [1.807, 2.05) is 6.92 Å². The van der Waals surface area contributed by atoms with E-state index in [0.29, 0.717) is 19.1 Å². The van der Waals surface area contributed by atoms with Crippen LogP contribution in [0.1, 0.15) is 19.8 Å². The van der Waals surface area contributed by atoms with Crippen molar-refractivity contribution in [1.29, 1.82) is 0 Å². The molecule has 100 valence electrons. The van der Waals surface area contributed by atoms with E-state index in [9.17, 15) is 4.79 Å². The molecule has 0 spiro atoms. The van der Waals surface area contributed by atoms with Gasteiger partial charge in [-0.1, -0.05) is 0 Å². The Morgan fingerprint density at radius 2 is 2.41 bits per heavy atom. The summed E-state index contributed by atoms with van der Waals surface area (Å²) in [4.78, 5) is 11.5. The van der Waals surface area contributed by atoms with Crippen LogP contribution in [0, 0.1) is 5.92 Å². The lowest BCUT2D eigenvalue weighted by molar-refractivity contribution is -0.121. The molecular formula is C12H24N2O3. The monoisotopic (exact) mass is 244 g/mol. The summed E-state index contributed by atoms with van der Waals surface area (Å²) in [5.41, 5.74) is 0. The van der Waals surface area contributed by atoms with Crippen LogP contribution in [0.25, 0.3) is 0 Å². The summed E-state index contributed by atoms with van der Waals surface area (Å²) in [5.74, 6) is 0.569. The Hall–Kier alpha value is -0.650. The molecule has 2 atom stereocenters. The number of carbonyl (C=O) groups is 1. The zero-order chi connectivity index (χ0) is 12.5. The zero-order valence-corrected chi connectivity index (χ0v) is 10.8. The van der Waals surface area contributed by atoms with E-state index < -0.39 is 0 Å². The van der Waals surface area contributed by atoms with Crippen molar-refractivity contribution in [2.24, 2.45) is 5.92 Å². The maximum atomic E-state index is 11.5. The fourth-order valence-electron chi connectivity index (χ4n) is 1.98. The predicted molar refractivity (Wildman–Crippen MR) is 65.9 cm³/mol. The highest BCUT2D eigenvalue weighted by Gasteiger charge is 2.14. The topological polar surface area (TPSA) is 59.6 Å². The molecule has 1 fully saturated rings. The molecule has 0 aromatic heterocycles. The molecule has 17 heavy (non-hydrogen) atoms. The SMILES string of the molecule is COCC(C)NC(=O)CNCC1CCCOC1. The van der Waals surface area contributed by atoms with E-state index in [4.69, 9.17) is 9.47 Å². The average molecular weight is 244 g/mol. The van der Waals surface area contributed by atoms with Gasteiger partial charge in [-0.2, -0.15) is 0 Å². The van der Waals surface area contributed by atoms with E-state index in [0.717, 1.165) is 26.2 Å². The zero-order valence-electron chi connectivity index (χ0n) is 10.8. The second-order valence-electron chi connectivity index (χ2n) is 4.64. The van der Waals surface area contributed by atoms with E-state index in [-0.39, 0.29) is 11.9 Å². The first-order valence-corrected chi connectivity index (χ1v) is 6.29. The first-order valence-electron chi connectivity index (χ1n) is 6.29. The molecule has 1 amide bonds. The lowest BCUT2D eigenvalue weighted by atomic mass is 10.0. The van der Waals surface area contributed by atoms with Crippen molar-refractivity contribution in [2.75, 3.05) is 40.0 Å². The van der Waals surface area contributed by atoms with Gasteiger partial charge in [0.15, 0.2) is 0 Å². The van der Waals surface area contributed by atoms with Crippen molar-refractivity contribution in [3.8, 4) is 0 Å². The first-order chi connectivity index (χ1) is 8.22. The van der Waals surface area contributed by atoms with Gasteiger partial charge in [0.1, 0.15) is 0 Å². The van der Waals surface area contributed by atoms with E-state index in [1.54, 1.807) is 7.11 Å². The Balaban J connectivity index is 2.03. The van der Waals surface area contributed by atoms with Gasteiger partial charge in [0.25, 0.3) is 0 Å². The average Bonchev–Trinajstić information content (AvgIpc) is 2.30. The molecule has 2 unspecified atom stereocenters. The molecule has 0 aromatic carbocycles. The van der Waals surface area contributed by atoms with Crippen molar-refractivity contribution in [2.45, 2.75) is 25.8 Å². The maximum Gasteiger partial charge on any atom is 0.234 e. The highest BCUT2D eigenvalue weighted by molar-refractivity contribution is 5.78. The van der Waals surface area contributed by atoms with Crippen molar-refractivity contribution < 1.29 is 14.3 Å². The van der Waals surface area contributed by atoms with Gasteiger partial charge in [-0.25, -0.2) is 0 Å². The van der Waals surface area contributed by atoms with Gasteiger partial charge in [-0.3, -0.25) is 4.79 Å². The highest BCUT2D eigenvalue weighted by atomic mass is 16.5. The first kappa shape index (κ1) is 14.4. The van der Waals surface area contributed by atoms with Crippen molar-refractivity contribution in [1.82, 2.24) is 10.6 Å². The molecule has 1 aliphatic heterocycles. The Kier molecular flexibility index (Phi) is 7.16. The van der Waals surface area contributed by atoms with Crippen LogP contribution < -0.4 is 10.6 Å². The van der Waals surface area contributed by atoms with Crippen LogP contribution in [-0.2, 0) is 14.3 Å². The van der Waals surface area contributed by atoms with Crippen LogP contribution in [0.4, 0.5) is 0 Å². The fourth-order valence-corrected chi connectivity index (χ4v) is 1.98. The minimum absolute atomic E-state index is 0.0197. The van der Waals surface area contributed by atoms with Crippen LogP contribution in [-0.4, -0.2) is 52.0 Å². The summed E-state index contributed by atoms with van der Waals surface area (Å²) in [7, 11) is 1.63. The number of nitrogens with one attached hydrogen (secondary N) is 2. The number of methoxy groups -OCH3 is 1. The Labute approximate surface area is 103 Å². The summed E-state index contributed by atoms with van der Waals surface area (Å²) in [6.07, 6.45) is 2.32. The second-order valence-corrected chi connectivity index (χ2v) is 4.64. The molecule has 2 N–H and O–H groups in total. The molecule has 0 aliphatic carbocycles. The van der Waals surface area contributed by atoms with Crippen LogP contribution >= 0.6 is 0 Å². The minimum atomic E-state index is 0.0197. The third-order valence-corrected chi connectivity index (χ3v) is 2.80. The molecular weight excluding hydrogens is 220 g/mol. The third kappa shape index (κ3) is 6.61. The van der Waals surface area contributed by atoms with Gasteiger partial charge in [-0.05, 0) is 25.7 Å². The van der Waals surface area contributed by atoms with Gasteiger partial charge in [0.05, 0.1) is 19.8 Å². The predicted octanol–water partition coefficient (Wildman–Crippen LogP) is 0.154. The molecule has 0 saturated carbocycles. The summed E-state index contributed by atoms with van der Waals surface area (Å²) >= 11 is 0. The Bertz CT molecular complexity index is 218. The number of ether oxygens (including phenoxy) is 2. The molecule has 1 aliphatic rings. The summed E-state index contributed by atoms with van der Waals surface area (Å²) in [6, 6.07) is 0.0623. The normalized spacial score (nSPS) is 22.1. The van der Waals surface area contributed by atoms with Crippen LogP contribution in [0.5, 0.6) is 0 Å². The molecule has 1 saturated heterocycles. The molecule has 0 aromatic rings. The number of amides is 1. The standard InChI is InChI=1S/C12H24N2O3/c1-10(8-16-2)14-12(15)7-13-6-11-4-3-5-17-9-11/h10-11,13H,3-9H2,1-2H3,(H,14,15). The van der Waals surface area contributed by atoms with Crippen molar-refractivity contribution in [3.63, 3.8) is 0 Å². The quantitative estimate of drug-likeness (QED) is 0.669. The number of hydrogen-bond acceptors (Lipinski definition) is 4. The van der Waals surface area contributed by atoms with Gasteiger partial charge in [0, 0.05) is 26.3 Å². The summed E-state index contributed by atoms with van der Waals surface area (Å²) < 4.78 is 10.3. The van der Waals surface area contributed by atoms with Gasteiger partial charge < -0.3 is 20.1 Å². The number of carbonyl (C=O) groups excluding carboxylic acids is 1. The van der Waals surface area contributed by atoms with Gasteiger partial charge in [0.2, 0.25) is 5.91 Å².